The molecule has 4 heteroatoms. The molecule has 3 nitrogen and oxygen atoms in total. The first-order valence-electron chi connectivity index (χ1n) is 6.73. The number of carbonyl (C=O) groups is 1. The van der Waals surface area contributed by atoms with Gasteiger partial charge in [-0.05, 0) is 49.1 Å². The average Bonchev–Trinajstić information content (AvgIpc) is 2.63. The fourth-order valence-corrected chi connectivity index (χ4v) is 3.08. The highest BCUT2D eigenvalue weighted by Crippen LogP contribution is 2.43. The number of hydrogen-bond donors (Lipinski definition) is 1. The molecule has 1 N–H and O–H groups in total. The Balaban J connectivity index is 2.63. The van der Waals surface area contributed by atoms with E-state index in [1.807, 2.05) is 26.1 Å². The van der Waals surface area contributed by atoms with Gasteiger partial charge in [0.2, 0.25) is 5.83 Å². The maximum atomic E-state index is 13.7. The van der Waals surface area contributed by atoms with Crippen molar-refractivity contribution < 1.29 is 14.3 Å². The Labute approximate surface area is 118 Å². The Kier molecular flexibility index (Phi) is 3.59. The third-order valence-electron chi connectivity index (χ3n) is 4.58. The Morgan fingerprint density at radius 2 is 1.95 bits per heavy atom. The van der Waals surface area contributed by atoms with Gasteiger partial charge in [-0.1, -0.05) is 13.0 Å². The smallest absolute Gasteiger partial charge is 0.365 e. The Hall–Kier alpha value is -1.84. The molecule has 2 unspecified atom stereocenters. The Morgan fingerprint density at radius 3 is 2.50 bits per heavy atom. The fraction of sp³-hybridized carbons (Fsp3) is 0.438. The number of anilines is 1. The molecule has 2 atom stereocenters. The van der Waals surface area contributed by atoms with Gasteiger partial charge in [0.05, 0.1) is 0 Å². The molecule has 0 aromatic heterocycles. The van der Waals surface area contributed by atoms with E-state index >= 15 is 0 Å². The first kappa shape index (κ1) is 14.6. The summed E-state index contributed by atoms with van der Waals surface area (Å²) in [5, 5.41) is 8.79. The van der Waals surface area contributed by atoms with Crippen LogP contribution in [0.1, 0.15) is 43.4 Å². The molecular formula is C16H20FNO2. The van der Waals surface area contributed by atoms with Crippen LogP contribution in [-0.2, 0) is 4.79 Å². The third-order valence-corrected chi connectivity index (χ3v) is 4.58. The normalized spacial score (nSPS) is 22.6. The molecule has 1 aromatic rings. The predicted octanol–water partition coefficient (Wildman–Crippen LogP) is 3.72. The minimum atomic E-state index is -1.51. The number of aliphatic carboxylic acids is 1. The highest BCUT2D eigenvalue weighted by Gasteiger charge is 2.32. The molecule has 0 amide bonds. The molecule has 108 valence electrons. The summed E-state index contributed by atoms with van der Waals surface area (Å²) >= 11 is 0. The van der Waals surface area contributed by atoms with Gasteiger partial charge < -0.3 is 10.0 Å². The number of likely N-dealkylation sites (N-methyl/N-ethyl adjacent to an activating group) is 1. The third kappa shape index (κ3) is 1.99. The van der Waals surface area contributed by atoms with Gasteiger partial charge in [0.25, 0.3) is 0 Å². The van der Waals surface area contributed by atoms with Gasteiger partial charge in [0.15, 0.2) is 0 Å². The summed E-state index contributed by atoms with van der Waals surface area (Å²) in [6, 6.07) is 4.15. The number of nitrogens with zero attached hydrogens (tertiary/aromatic N) is 1. The van der Waals surface area contributed by atoms with Gasteiger partial charge in [-0.25, -0.2) is 4.79 Å². The predicted molar refractivity (Wildman–Crippen MR) is 78.8 cm³/mol. The van der Waals surface area contributed by atoms with E-state index in [1.54, 1.807) is 0 Å². The second-order valence-electron chi connectivity index (χ2n) is 5.56. The molecule has 0 saturated heterocycles. The van der Waals surface area contributed by atoms with Crippen molar-refractivity contribution in [1.82, 2.24) is 0 Å². The molecule has 2 rings (SSSR count). The Morgan fingerprint density at radius 1 is 1.35 bits per heavy atom. The lowest BCUT2D eigenvalue weighted by molar-refractivity contribution is -0.134. The van der Waals surface area contributed by atoms with Crippen molar-refractivity contribution in [2.75, 3.05) is 11.9 Å². The van der Waals surface area contributed by atoms with Crippen molar-refractivity contribution in [3.63, 3.8) is 0 Å². The van der Waals surface area contributed by atoms with E-state index in [0.29, 0.717) is 17.5 Å². The zero-order chi connectivity index (χ0) is 15.2. The molecule has 0 radical (unpaired) electrons. The van der Waals surface area contributed by atoms with E-state index in [-0.39, 0.29) is 5.57 Å². The second-order valence-corrected chi connectivity index (χ2v) is 5.56. The van der Waals surface area contributed by atoms with Gasteiger partial charge in [-0.2, -0.15) is 4.39 Å². The molecule has 0 fully saturated rings. The summed E-state index contributed by atoms with van der Waals surface area (Å²) in [4.78, 5) is 13.0. The van der Waals surface area contributed by atoms with Gasteiger partial charge in [-0.3, -0.25) is 0 Å². The van der Waals surface area contributed by atoms with Crippen LogP contribution < -0.4 is 4.90 Å². The van der Waals surface area contributed by atoms with E-state index < -0.39 is 11.8 Å². The number of carboxylic acids is 1. The lowest BCUT2D eigenvalue weighted by Gasteiger charge is -2.20. The molecule has 1 heterocycles. The largest absolute Gasteiger partial charge is 0.476 e. The van der Waals surface area contributed by atoms with Crippen LogP contribution in [0.4, 0.5) is 10.1 Å². The summed E-state index contributed by atoms with van der Waals surface area (Å²) in [6.07, 6.45) is 0. The molecule has 0 bridgehead atoms. The summed E-state index contributed by atoms with van der Waals surface area (Å²) in [5.41, 5.74) is 4.18. The molecule has 0 spiro atoms. The van der Waals surface area contributed by atoms with Crippen molar-refractivity contribution in [2.45, 2.75) is 39.7 Å². The van der Waals surface area contributed by atoms with E-state index in [0.717, 1.165) is 11.3 Å². The van der Waals surface area contributed by atoms with Crippen LogP contribution in [0, 0.1) is 6.92 Å². The van der Waals surface area contributed by atoms with Crippen molar-refractivity contribution in [2.24, 2.45) is 0 Å². The van der Waals surface area contributed by atoms with E-state index in [2.05, 4.69) is 18.7 Å². The fourth-order valence-electron chi connectivity index (χ4n) is 3.08. The lowest BCUT2D eigenvalue weighted by atomic mass is 9.89. The maximum Gasteiger partial charge on any atom is 0.365 e. The molecule has 1 aromatic carbocycles. The maximum absolute atomic E-state index is 13.7. The molecular weight excluding hydrogens is 257 g/mol. The number of carboxylic acid groups (broad SMARTS) is 1. The molecule has 0 aliphatic carbocycles. The molecule has 0 saturated carbocycles. The van der Waals surface area contributed by atoms with E-state index in [9.17, 15) is 9.18 Å². The van der Waals surface area contributed by atoms with Gasteiger partial charge >= 0.3 is 5.97 Å². The van der Waals surface area contributed by atoms with Crippen LogP contribution in [0.15, 0.2) is 18.0 Å². The number of hydrogen-bond acceptors (Lipinski definition) is 2. The quantitative estimate of drug-likeness (QED) is 0.837. The van der Waals surface area contributed by atoms with Crippen LogP contribution in [0.25, 0.3) is 5.57 Å². The number of fused-ring (bicyclic) bond motifs is 1. The van der Waals surface area contributed by atoms with Crippen LogP contribution in [-0.4, -0.2) is 24.2 Å². The summed E-state index contributed by atoms with van der Waals surface area (Å²) in [5.74, 6) is -2.25. The lowest BCUT2D eigenvalue weighted by Crippen LogP contribution is -2.25. The highest BCUT2D eigenvalue weighted by molar-refractivity contribution is 5.94. The monoisotopic (exact) mass is 277 g/mol. The molecule has 20 heavy (non-hydrogen) atoms. The summed E-state index contributed by atoms with van der Waals surface area (Å²) < 4.78 is 13.7. The number of halogens is 1. The Bertz CT molecular complexity index is 607. The average molecular weight is 277 g/mol. The number of allylic oxidation sites excluding steroid dienone is 1. The van der Waals surface area contributed by atoms with Crippen molar-refractivity contribution >= 4 is 17.2 Å². The second kappa shape index (κ2) is 4.93. The van der Waals surface area contributed by atoms with Crippen molar-refractivity contribution in [3.05, 3.63) is 34.6 Å². The van der Waals surface area contributed by atoms with Crippen LogP contribution in [0.5, 0.6) is 0 Å². The minimum absolute atomic E-state index is 0.187. The van der Waals surface area contributed by atoms with Gasteiger partial charge in [-0.15, -0.1) is 0 Å². The topological polar surface area (TPSA) is 40.5 Å². The number of benzene rings is 1. The van der Waals surface area contributed by atoms with Crippen LogP contribution >= 0.6 is 0 Å². The van der Waals surface area contributed by atoms with Crippen LogP contribution in [0.3, 0.4) is 0 Å². The zero-order valence-corrected chi connectivity index (χ0v) is 12.5. The summed E-state index contributed by atoms with van der Waals surface area (Å²) in [6.45, 7) is 7.76. The van der Waals surface area contributed by atoms with E-state index in [1.165, 1.54) is 12.5 Å². The van der Waals surface area contributed by atoms with Crippen molar-refractivity contribution in [3.8, 4) is 0 Å². The molecule has 1 aliphatic heterocycles. The van der Waals surface area contributed by atoms with Crippen molar-refractivity contribution in [1.29, 1.82) is 0 Å². The van der Waals surface area contributed by atoms with Crippen LogP contribution in [0.2, 0.25) is 0 Å². The number of rotatable bonds is 2. The first-order chi connectivity index (χ1) is 9.27. The van der Waals surface area contributed by atoms with Gasteiger partial charge in [0.1, 0.15) is 0 Å². The highest BCUT2D eigenvalue weighted by atomic mass is 19.1. The molecule has 1 aliphatic rings. The standard InChI is InChI=1S/C16H20FNO2/c1-8-11(4)18(5)13-7-6-12(9(2)14(8)13)10(3)15(17)16(19)20/h6-8,11H,1-5H3,(H,19,20). The first-order valence-corrected chi connectivity index (χ1v) is 6.73. The van der Waals surface area contributed by atoms with E-state index in [4.69, 9.17) is 5.11 Å². The SMILES string of the molecule is CC(=C(F)C(=O)O)c1ccc2c(c1C)C(C)C(C)N2C. The zero-order valence-electron chi connectivity index (χ0n) is 12.5. The minimum Gasteiger partial charge on any atom is -0.476 e. The van der Waals surface area contributed by atoms with Gasteiger partial charge in [0, 0.05) is 24.7 Å². The summed E-state index contributed by atoms with van der Waals surface area (Å²) in [7, 11) is 2.05.